The summed E-state index contributed by atoms with van der Waals surface area (Å²) in [5.41, 5.74) is 3.21. The van der Waals surface area contributed by atoms with E-state index in [1.165, 1.54) is 11.8 Å². The smallest absolute Gasteiger partial charge is 0.313 e. The van der Waals surface area contributed by atoms with Gasteiger partial charge in [0.15, 0.2) is 0 Å². The van der Waals surface area contributed by atoms with E-state index in [9.17, 15) is 9.59 Å². The van der Waals surface area contributed by atoms with Crippen LogP contribution < -0.4 is 5.32 Å². The number of carboxylic acid groups (broad SMARTS) is 1. The van der Waals surface area contributed by atoms with Gasteiger partial charge in [-0.1, -0.05) is 60.6 Å². The molecular weight excluding hydrogens is 408 g/mol. The van der Waals surface area contributed by atoms with Crippen molar-refractivity contribution in [1.82, 2.24) is 4.98 Å². The van der Waals surface area contributed by atoms with Crippen molar-refractivity contribution >= 4 is 40.2 Å². The van der Waals surface area contributed by atoms with Crippen LogP contribution in [0, 0.1) is 0 Å². The lowest BCUT2D eigenvalue weighted by atomic mass is 9.87. The van der Waals surface area contributed by atoms with Crippen LogP contribution in [0.5, 0.6) is 0 Å². The molecule has 3 rings (SSSR count). The maximum absolute atomic E-state index is 12.6. The third kappa shape index (κ3) is 7.79. The van der Waals surface area contributed by atoms with Gasteiger partial charge in [0.25, 0.3) is 5.91 Å². The Morgan fingerprint density at radius 1 is 1.00 bits per heavy atom. The first-order chi connectivity index (χ1) is 14.7. The second kappa shape index (κ2) is 12.2. The number of hydrogen-bond acceptors (Lipinski definition) is 3. The minimum Gasteiger partial charge on any atom is -0.481 e. The van der Waals surface area contributed by atoms with Gasteiger partial charge in [0.05, 0.1) is 5.75 Å². The zero-order valence-corrected chi connectivity index (χ0v) is 20.3. The number of hydrogen-bond donors (Lipinski definition) is 3. The van der Waals surface area contributed by atoms with Crippen LogP contribution in [-0.4, -0.2) is 27.7 Å². The molecule has 31 heavy (non-hydrogen) atoms. The fourth-order valence-electron chi connectivity index (χ4n) is 2.73. The summed E-state index contributed by atoms with van der Waals surface area (Å²) in [6, 6.07) is 15.2. The molecule has 2 aromatic carbocycles. The molecule has 0 aliphatic carbocycles. The highest BCUT2D eigenvalue weighted by Crippen LogP contribution is 2.26. The molecule has 0 fully saturated rings. The summed E-state index contributed by atoms with van der Waals surface area (Å²) in [7, 11) is 0. The number of thioether (sulfide) groups is 1. The van der Waals surface area contributed by atoms with E-state index in [-0.39, 0.29) is 17.1 Å². The summed E-state index contributed by atoms with van der Waals surface area (Å²) in [5.74, 6) is -1.06. The zero-order chi connectivity index (χ0) is 23.6. The molecule has 0 aliphatic rings. The first-order valence-corrected chi connectivity index (χ1v) is 11.6. The Morgan fingerprint density at radius 3 is 2.29 bits per heavy atom. The number of rotatable bonds is 5. The van der Waals surface area contributed by atoms with E-state index >= 15 is 0 Å². The van der Waals surface area contributed by atoms with E-state index in [4.69, 9.17) is 5.11 Å². The lowest BCUT2D eigenvalue weighted by Crippen LogP contribution is -2.14. The number of nitrogens with one attached hydrogen (secondary N) is 2. The van der Waals surface area contributed by atoms with Gasteiger partial charge >= 0.3 is 5.97 Å². The Hall–Kier alpha value is -2.73. The number of aromatic amines is 1. The standard InChI is InChI=1S/C21H22N2O3S.2C2H6/c1-21(2,3)14-5-4-6-15(11-14)22-20(26)18-10-13-9-16(27-12-19(24)25)7-8-17(13)23-18;2*1-2/h4-11,23H,12H2,1-3H3,(H,22,26)(H,24,25);2*1-2H3. The topological polar surface area (TPSA) is 82.2 Å². The van der Waals surface area contributed by atoms with Crippen LogP contribution in [0.4, 0.5) is 5.69 Å². The van der Waals surface area contributed by atoms with Crippen molar-refractivity contribution in [3.05, 3.63) is 59.8 Å². The van der Waals surface area contributed by atoms with Crippen LogP contribution in [0.15, 0.2) is 53.4 Å². The molecule has 0 aliphatic heterocycles. The van der Waals surface area contributed by atoms with Crippen molar-refractivity contribution in [3.63, 3.8) is 0 Å². The molecule has 3 aromatic rings. The summed E-state index contributed by atoms with van der Waals surface area (Å²) in [6.07, 6.45) is 0. The van der Waals surface area contributed by atoms with E-state index in [0.29, 0.717) is 5.69 Å². The van der Waals surface area contributed by atoms with Crippen molar-refractivity contribution in [2.45, 2.75) is 58.8 Å². The van der Waals surface area contributed by atoms with Crippen molar-refractivity contribution in [1.29, 1.82) is 0 Å². The van der Waals surface area contributed by atoms with Gasteiger partial charge in [-0.2, -0.15) is 0 Å². The molecule has 0 unspecified atom stereocenters. The van der Waals surface area contributed by atoms with E-state index in [1.54, 1.807) is 6.07 Å². The van der Waals surface area contributed by atoms with Gasteiger partial charge in [-0.25, -0.2) is 0 Å². The van der Waals surface area contributed by atoms with Crippen LogP contribution in [0.2, 0.25) is 0 Å². The highest BCUT2D eigenvalue weighted by molar-refractivity contribution is 8.00. The number of aliphatic carboxylic acids is 1. The SMILES string of the molecule is CC.CC.CC(C)(C)c1cccc(NC(=O)c2cc3cc(SCC(=O)O)ccc3[nH]2)c1. The van der Waals surface area contributed by atoms with Crippen LogP contribution in [0.25, 0.3) is 10.9 Å². The molecule has 3 N–H and O–H groups in total. The third-order valence-electron chi connectivity index (χ3n) is 4.19. The Labute approximate surface area is 189 Å². The number of amides is 1. The molecule has 1 heterocycles. The Morgan fingerprint density at radius 2 is 1.68 bits per heavy atom. The molecule has 0 radical (unpaired) electrons. The summed E-state index contributed by atoms with van der Waals surface area (Å²) in [5, 5.41) is 12.6. The first kappa shape index (κ1) is 26.3. The molecule has 0 saturated heterocycles. The van der Waals surface area contributed by atoms with E-state index < -0.39 is 5.97 Å². The predicted molar refractivity (Wildman–Crippen MR) is 132 cm³/mol. The average Bonchev–Trinajstić information content (AvgIpc) is 3.18. The minimum atomic E-state index is -0.855. The van der Waals surface area contributed by atoms with Crippen LogP contribution in [0.1, 0.15) is 64.5 Å². The summed E-state index contributed by atoms with van der Waals surface area (Å²) in [4.78, 5) is 27.3. The third-order valence-corrected chi connectivity index (χ3v) is 5.16. The van der Waals surface area contributed by atoms with Crippen LogP contribution >= 0.6 is 11.8 Å². The number of fused-ring (bicyclic) bond motifs is 1. The van der Waals surface area contributed by atoms with Crippen LogP contribution in [0.3, 0.4) is 0 Å². The fourth-order valence-corrected chi connectivity index (χ4v) is 3.39. The zero-order valence-electron chi connectivity index (χ0n) is 19.5. The molecule has 0 atom stereocenters. The summed E-state index contributed by atoms with van der Waals surface area (Å²) >= 11 is 1.25. The molecule has 168 valence electrons. The Kier molecular flexibility index (Phi) is 10.4. The molecule has 1 aromatic heterocycles. The van der Waals surface area contributed by atoms with E-state index in [2.05, 4.69) is 37.1 Å². The fraction of sp³-hybridized carbons (Fsp3) is 0.360. The van der Waals surface area contributed by atoms with Gasteiger partial charge in [-0.15, -0.1) is 11.8 Å². The van der Waals surface area contributed by atoms with Crippen LogP contribution in [-0.2, 0) is 10.2 Å². The molecule has 6 heteroatoms. The second-order valence-electron chi connectivity index (χ2n) is 7.40. The monoisotopic (exact) mass is 442 g/mol. The maximum Gasteiger partial charge on any atom is 0.313 e. The largest absolute Gasteiger partial charge is 0.481 e. The number of H-pyrrole nitrogens is 1. The van der Waals surface area contributed by atoms with Gasteiger partial charge in [-0.05, 0) is 47.4 Å². The highest BCUT2D eigenvalue weighted by atomic mass is 32.2. The molecule has 1 amide bonds. The number of benzene rings is 2. The first-order valence-electron chi connectivity index (χ1n) is 10.6. The minimum absolute atomic E-state index is 0.00582. The lowest BCUT2D eigenvalue weighted by molar-refractivity contribution is -0.133. The molecule has 0 bridgehead atoms. The molecule has 5 nitrogen and oxygen atoms in total. The number of carboxylic acids is 1. The summed E-state index contributed by atoms with van der Waals surface area (Å²) in [6.45, 7) is 14.4. The maximum atomic E-state index is 12.6. The van der Waals surface area contributed by atoms with Crippen molar-refractivity contribution < 1.29 is 14.7 Å². The van der Waals surface area contributed by atoms with Crippen molar-refractivity contribution in [3.8, 4) is 0 Å². The average molecular weight is 443 g/mol. The summed E-state index contributed by atoms with van der Waals surface area (Å²) < 4.78 is 0. The second-order valence-corrected chi connectivity index (χ2v) is 8.45. The Bertz CT molecular complexity index is 1000. The molecule has 0 saturated carbocycles. The number of anilines is 1. The number of aromatic nitrogens is 1. The number of carbonyl (C=O) groups excluding carboxylic acids is 1. The number of carbonyl (C=O) groups is 2. The highest BCUT2D eigenvalue weighted by Gasteiger charge is 2.15. The van der Waals surface area contributed by atoms with E-state index in [0.717, 1.165) is 27.0 Å². The van der Waals surface area contributed by atoms with Gasteiger partial charge in [-0.3, -0.25) is 9.59 Å². The van der Waals surface area contributed by atoms with Gasteiger partial charge in [0.1, 0.15) is 5.69 Å². The Balaban J connectivity index is 0.00000113. The van der Waals surface area contributed by atoms with E-state index in [1.807, 2.05) is 64.1 Å². The lowest BCUT2D eigenvalue weighted by Gasteiger charge is -2.19. The predicted octanol–water partition coefficient (Wildman–Crippen LogP) is 6.95. The normalized spacial score (nSPS) is 10.4. The molecular formula is C25H34N2O3S. The van der Waals surface area contributed by atoms with Gasteiger partial charge in [0.2, 0.25) is 0 Å². The van der Waals surface area contributed by atoms with Crippen molar-refractivity contribution in [2.75, 3.05) is 11.1 Å². The molecule has 0 spiro atoms. The van der Waals surface area contributed by atoms with Crippen molar-refractivity contribution in [2.24, 2.45) is 0 Å². The van der Waals surface area contributed by atoms with Gasteiger partial charge in [0, 0.05) is 21.5 Å². The quantitative estimate of drug-likeness (QED) is 0.374. The van der Waals surface area contributed by atoms with Gasteiger partial charge < -0.3 is 15.4 Å².